The van der Waals surface area contributed by atoms with E-state index < -0.39 is 41.9 Å². The van der Waals surface area contributed by atoms with Crippen LogP contribution in [0.25, 0.3) is 22.5 Å². The molecule has 2 N–H and O–H groups in total. The van der Waals surface area contributed by atoms with Crippen molar-refractivity contribution in [2.45, 2.75) is 37.5 Å². The summed E-state index contributed by atoms with van der Waals surface area (Å²) < 4.78 is 48.0. The molecule has 10 nitrogen and oxygen atoms in total. The molecule has 14 heteroatoms. The van der Waals surface area contributed by atoms with Gasteiger partial charge in [-0.25, -0.2) is 9.37 Å². The lowest BCUT2D eigenvalue weighted by Gasteiger charge is -2.39. The third-order valence-corrected chi connectivity index (χ3v) is 7.08. The van der Waals surface area contributed by atoms with Gasteiger partial charge in [0.2, 0.25) is 5.91 Å². The number of alkyl halides is 2. The van der Waals surface area contributed by atoms with Crippen LogP contribution in [-0.4, -0.2) is 63.0 Å². The summed E-state index contributed by atoms with van der Waals surface area (Å²) in [6, 6.07) is 3.58. The minimum Gasteiger partial charge on any atom is -0.390 e. The molecular formula is C24H18ClF3N8O2. The van der Waals surface area contributed by atoms with Gasteiger partial charge in [0.25, 0.3) is 5.92 Å². The molecule has 0 bridgehead atoms. The van der Waals surface area contributed by atoms with Crippen LogP contribution in [0.1, 0.15) is 36.0 Å². The maximum Gasteiger partial charge on any atom is 0.294 e. The Kier molecular flexibility index (Phi) is 5.76. The van der Waals surface area contributed by atoms with Gasteiger partial charge in [0, 0.05) is 34.0 Å². The Bertz CT molecular complexity index is 1570. The number of aromatic amines is 1. The third-order valence-electron chi connectivity index (χ3n) is 6.84. The van der Waals surface area contributed by atoms with Crippen LogP contribution in [-0.2, 0) is 11.4 Å². The number of aromatic nitrogens is 7. The maximum absolute atomic E-state index is 16.1. The molecule has 0 aliphatic carbocycles. The number of H-pyrrole nitrogens is 1. The van der Waals surface area contributed by atoms with Crippen molar-refractivity contribution in [3.63, 3.8) is 0 Å². The quantitative estimate of drug-likeness (QED) is 0.395. The number of aliphatic hydroxyl groups is 1. The number of aliphatic hydroxyl groups excluding tert-OH is 1. The Balaban J connectivity index is 1.37. The molecule has 38 heavy (non-hydrogen) atoms. The molecule has 1 unspecified atom stereocenters. The number of amides is 1. The van der Waals surface area contributed by atoms with Crippen LogP contribution in [0, 0.1) is 5.82 Å². The van der Waals surface area contributed by atoms with Crippen molar-refractivity contribution in [2.75, 3.05) is 0 Å². The fourth-order valence-corrected chi connectivity index (χ4v) is 5.29. The minimum atomic E-state index is -3.43. The van der Waals surface area contributed by atoms with Gasteiger partial charge in [-0.2, -0.15) is 13.5 Å². The van der Waals surface area contributed by atoms with E-state index in [9.17, 15) is 14.3 Å². The molecule has 2 aliphatic heterocycles. The molecule has 6 rings (SSSR count). The van der Waals surface area contributed by atoms with Gasteiger partial charge in [-0.3, -0.25) is 9.78 Å². The van der Waals surface area contributed by atoms with Crippen molar-refractivity contribution in [3.8, 4) is 16.9 Å². The largest absolute Gasteiger partial charge is 0.390 e. The van der Waals surface area contributed by atoms with Gasteiger partial charge < -0.3 is 15.0 Å². The number of carbonyl (C=O) groups is 1. The molecule has 4 aromatic rings. The Morgan fingerprint density at radius 3 is 2.79 bits per heavy atom. The number of nitrogens with zero attached hydrogens (tertiary/aromatic N) is 7. The van der Waals surface area contributed by atoms with Crippen molar-refractivity contribution >= 4 is 23.1 Å². The summed E-state index contributed by atoms with van der Waals surface area (Å²) in [6.07, 6.45) is 5.11. The van der Waals surface area contributed by atoms with Crippen molar-refractivity contribution in [2.24, 2.45) is 0 Å². The molecule has 1 aromatic carbocycles. The van der Waals surface area contributed by atoms with Crippen molar-refractivity contribution in [1.29, 1.82) is 0 Å². The normalized spacial score (nSPS) is 20.5. The number of carbonyl (C=O) groups excluding carboxylic acids is 1. The maximum atomic E-state index is 16.1. The first-order valence-electron chi connectivity index (χ1n) is 11.5. The predicted octanol–water partition coefficient (Wildman–Crippen LogP) is 3.50. The number of tetrazole rings is 1. The number of hydrogen-bond donors (Lipinski definition) is 2. The number of imidazole rings is 1. The molecule has 0 spiro atoms. The number of benzene rings is 1. The van der Waals surface area contributed by atoms with Gasteiger partial charge in [0.05, 0.1) is 30.2 Å². The molecule has 2 aliphatic rings. The summed E-state index contributed by atoms with van der Waals surface area (Å²) in [7, 11) is 0. The molecule has 194 valence electrons. The average molecular weight is 543 g/mol. The summed E-state index contributed by atoms with van der Waals surface area (Å²) in [4.78, 5) is 25.5. The molecule has 3 aromatic heterocycles. The van der Waals surface area contributed by atoms with Crippen LogP contribution in [0.4, 0.5) is 13.2 Å². The summed E-state index contributed by atoms with van der Waals surface area (Å²) >= 11 is 6.14. The topological polar surface area (TPSA) is 126 Å². The molecule has 1 fully saturated rings. The smallest absolute Gasteiger partial charge is 0.294 e. The van der Waals surface area contributed by atoms with Gasteiger partial charge in [-0.1, -0.05) is 11.6 Å². The molecule has 0 saturated carbocycles. The van der Waals surface area contributed by atoms with Gasteiger partial charge in [0.15, 0.2) is 5.82 Å². The van der Waals surface area contributed by atoms with Crippen LogP contribution in [0.5, 0.6) is 0 Å². The number of fused-ring (bicyclic) bond motifs is 1. The Morgan fingerprint density at radius 1 is 1.18 bits per heavy atom. The number of nitrogens with one attached hydrogen (secondary N) is 1. The summed E-state index contributed by atoms with van der Waals surface area (Å²) in [6.45, 7) is -0.585. The van der Waals surface area contributed by atoms with Gasteiger partial charge >= 0.3 is 0 Å². The van der Waals surface area contributed by atoms with E-state index in [0.29, 0.717) is 0 Å². The second-order valence-corrected chi connectivity index (χ2v) is 9.35. The lowest BCUT2D eigenvalue weighted by Crippen LogP contribution is -2.51. The highest BCUT2D eigenvalue weighted by atomic mass is 35.5. The van der Waals surface area contributed by atoms with E-state index in [0.717, 1.165) is 11.0 Å². The zero-order chi connectivity index (χ0) is 26.6. The first kappa shape index (κ1) is 24.2. The van der Waals surface area contributed by atoms with Gasteiger partial charge in [-0.15, -0.1) is 5.10 Å². The second kappa shape index (κ2) is 9.03. The highest BCUT2D eigenvalue weighted by Crippen LogP contribution is 2.50. The number of hydrogen-bond acceptors (Lipinski definition) is 7. The van der Waals surface area contributed by atoms with Gasteiger partial charge in [-0.05, 0) is 47.5 Å². The first-order chi connectivity index (χ1) is 18.3. The predicted molar refractivity (Wildman–Crippen MR) is 127 cm³/mol. The standard InChI is InChI=1S/C24H18ClF3N8O2/c25-12-1-2-18(35-11-31-33-34-35)14(7-12)15-8-21(38)36-19(3-4-20(36)24(15,27)28)23-30-9-16(32-23)13-5-6-29-17(10-37)22(13)26/h1-2,5-9,11,19-20,37H,3-4,10H2,(H,30,32)/t19-,20?/m0/s1. The van der Waals surface area contributed by atoms with Crippen LogP contribution in [0.3, 0.4) is 0 Å². The van der Waals surface area contributed by atoms with E-state index in [4.69, 9.17) is 11.6 Å². The summed E-state index contributed by atoms with van der Waals surface area (Å²) in [5.74, 6) is -4.51. The summed E-state index contributed by atoms with van der Waals surface area (Å²) in [5, 5.41) is 20.4. The number of rotatable bonds is 5. The van der Waals surface area contributed by atoms with E-state index in [2.05, 4.69) is 30.5 Å². The Morgan fingerprint density at radius 2 is 2.03 bits per heavy atom. The monoisotopic (exact) mass is 542 g/mol. The fraction of sp³-hybridized carbons (Fsp3) is 0.250. The molecule has 2 atom stereocenters. The zero-order valence-electron chi connectivity index (χ0n) is 19.4. The fourth-order valence-electron chi connectivity index (χ4n) is 5.12. The second-order valence-electron chi connectivity index (χ2n) is 8.91. The zero-order valence-corrected chi connectivity index (χ0v) is 20.1. The lowest BCUT2D eigenvalue weighted by atomic mass is 9.89. The highest BCUT2D eigenvalue weighted by molar-refractivity contribution is 6.30. The third kappa shape index (κ3) is 3.77. The van der Waals surface area contributed by atoms with Crippen molar-refractivity contribution in [1.82, 2.24) is 40.1 Å². The summed E-state index contributed by atoms with van der Waals surface area (Å²) in [5.41, 5.74) is 0.0670. The van der Waals surface area contributed by atoms with E-state index in [-0.39, 0.29) is 51.9 Å². The van der Waals surface area contributed by atoms with E-state index in [1.165, 1.54) is 47.7 Å². The lowest BCUT2D eigenvalue weighted by molar-refractivity contribution is -0.137. The molecule has 1 amide bonds. The van der Waals surface area contributed by atoms with E-state index >= 15 is 8.78 Å². The average Bonchev–Trinajstić information content (AvgIpc) is 3.67. The number of halogens is 4. The molecular weight excluding hydrogens is 525 g/mol. The van der Waals surface area contributed by atoms with Crippen molar-refractivity contribution in [3.05, 3.63) is 77.0 Å². The van der Waals surface area contributed by atoms with Crippen LogP contribution < -0.4 is 0 Å². The Labute approximate surface area is 217 Å². The van der Waals surface area contributed by atoms with Crippen LogP contribution in [0.2, 0.25) is 5.02 Å². The molecule has 0 radical (unpaired) electrons. The molecule has 1 saturated heterocycles. The van der Waals surface area contributed by atoms with Crippen molar-refractivity contribution < 1.29 is 23.1 Å². The minimum absolute atomic E-state index is 0.00976. The Hall–Kier alpha value is -4.10. The van der Waals surface area contributed by atoms with Crippen LogP contribution >= 0.6 is 11.6 Å². The van der Waals surface area contributed by atoms with E-state index in [1.807, 2.05) is 0 Å². The van der Waals surface area contributed by atoms with Crippen LogP contribution in [0.15, 0.2) is 49.1 Å². The number of pyridine rings is 1. The van der Waals surface area contributed by atoms with E-state index in [1.54, 1.807) is 0 Å². The first-order valence-corrected chi connectivity index (χ1v) is 11.9. The SMILES string of the molecule is O=C1C=C(c2cc(Cl)ccc2-n2cnnn2)C(F)(F)C2CC[C@@H](c3ncc(-c4ccnc(CO)c4F)[nH]3)N12. The molecule has 5 heterocycles. The van der Waals surface area contributed by atoms with Gasteiger partial charge in [0.1, 0.15) is 23.9 Å². The highest BCUT2D eigenvalue weighted by Gasteiger charge is 2.57.